The molecule has 0 spiro atoms. The second kappa shape index (κ2) is 5.26. The van der Waals surface area contributed by atoms with Crippen molar-refractivity contribution in [2.75, 3.05) is 6.26 Å². The Morgan fingerprint density at radius 3 is 2.62 bits per heavy atom. The number of thioether (sulfide) groups is 1. The van der Waals surface area contributed by atoms with Crippen LogP contribution in [0.1, 0.15) is 0 Å². The maximum absolute atomic E-state index is 11.9. The lowest BCUT2D eigenvalue weighted by atomic mass is 10.2. The van der Waals surface area contributed by atoms with Gasteiger partial charge in [-0.1, -0.05) is 23.1 Å². The SMILES string of the molecule is CSc1nc2nc(-c3ccc([N+](=O)[O-])cc3)oc(=O)c2s1. The van der Waals surface area contributed by atoms with Gasteiger partial charge in [-0.3, -0.25) is 10.1 Å². The van der Waals surface area contributed by atoms with Crippen LogP contribution in [0.5, 0.6) is 0 Å². The molecular weight excluding hydrogens is 314 g/mol. The third kappa shape index (κ3) is 2.52. The molecular formula is C12H7N3O4S2. The molecule has 0 saturated carbocycles. The van der Waals surface area contributed by atoms with Gasteiger partial charge in [-0.15, -0.1) is 0 Å². The van der Waals surface area contributed by atoms with Gasteiger partial charge in [0.2, 0.25) is 5.89 Å². The minimum absolute atomic E-state index is 0.0412. The molecule has 0 unspecified atom stereocenters. The average Bonchev–Trinajstić information content (AvgIpc) is 2.91. The Bertz CT molecular complexity index is 886. The Morgan fingerprint density at radius 1 is 1.29 bits per heavy atom. The molecule has 0 aliphatic rings. The maximum Gasteiger partial charge on any atom is 0.359 e. The van der Waals surface area contributed by atoms with E-state index < -0.39 is 10.5 Å². The molecule has 3 rings (SSSR count). The van der Waals surface area contributed by atoms with E-state index in [1.165, 1.54) is 47.4 Å². The Labute approximate surface area is 125 Å². The monoisotopic (exact) mass is 321 g/mol. The fraction of sp³-hybridized carbons (Fsp3) is 0.0833. The van der Waals surface area contributed by atoms with Gasteiger partial charge in [0.05, 0.1) is 4.92 Å². The van der Waals surface area contributed by atoms with Crippen LogP contribution in [-0.4, -0.2) is 21.1 Å². The molecule has 0 atom stereocenters. The molecule has 3 aromatic rings. The van der Waals surface area contributed by atoms with Crippen LogP contribution in [0.2, 0.25) is 0 Å². The number of hydrogen-bond donors (Lipinski definition) is 0. The zero-order valence-corrected chi connectivity index (χ0v) is 12.2. The highest BCUT2D eigenvalue weighted by molar-refractivity contribution is 8.00. The zero-order chi connectivity index (χ0) is 15.0. The molecule has 7 nitrogen and oxygen atoms in total. The molecule has 21 heavy (non-hydrogen) atoms. The quantitative estimate of drug-likeness (QED) is 0.415. The lowest BCUT2D eigenvalue weighted by molar-refractivity contribution is -0.384. The molecule has 0 aliphatic carbocycles. The number of thiazole rings is 1. The summed E-state index contributed by atoms with van der Waals surface area (Å²) in [6, 6.07) is 5.62. The molecule has 106 valence electrons. The first kappa shape index (κ1) is 13.7. The lowest BCUT2D eigenvalue weighted by Crippen LogP contribution is -2.00. The third-order valence-electron chi connectivity index (χ3n) is 2.67. The molecule has 2 aromatic heterocycles. The molecule has 0 radical (unpaired) electrons. The predicted octanol–water partition coefficient (Wildman–Crippen LogP) is 2.94. The van der Waals surface area contributed by atoms with Gasteiger partial charge in [-0.25, -0.2) is 9.78 Å². The highest BCUT2D eigenvalue weighted by atomic mass is 32.2. The highest BCUT2D eigenvalue weighted by Gasteiger charge is 2.14. The average molecular weight is 321 g/mol. The molecule has 0 amide bonds. The van der Waals surface area contributed by atoms with E-state index in [0.717, 1.165) is 4.34 Å². The topological polar surface area (TPSA) is 99.1 Å². The van der Waals surface area contributed by atoms with Crippen molar-refractivity contribution in [3.8, 4) is 11.5 Å². The summed E-state index contributed by atoms with van der Waals surface area (Å²) in [6.07, 6.45) is 1.86. The maximum atomic E-state index is 11.9. The van der Waals surface area contributed by atoms with Crippen molar-refractivity contribution >= 4 is 39.1 Å². The Kier molecular flexibility index (Phi) is 3.43. The molecule has 1 aromatic carbocycles. The van der Waals surface area contributed by atoms with Gasteiger partial charge >= 0.3 is 5.63 Å². The van der Waals surface area contributed by atoms with Crippen LogP contribution in [0, 0.1) is 10.1 Å². The van der Waals surface area contributed by atoms with Gasteiger partial charge in [0.1, 0.15) is 0 Å². The molecule has 0 fully saturated rings. The summed E-state index contributed by atoms with van der Waals surface area (Å²) in [4.78, 5) is 30.5. The number of benzene rings is 1. The molecule has 9 heteroatoms. The van der Waals surface area contributed by atoms with Crippen molar-refractivity contribution in [3.05, 3.63) is 44.8 Å². The summed E-state index contributed by atoms with van der Waals surface area (Å²) >= 11 is 2.65. The second-order valence-electron chi connectivity index (χ2n) is 3.95. The Balaban J connectivity index is 2.11. The molecule has 2 heterocycles. The minimum atomic E-state index is -0.508. The van der Waals surface area contributed by atoms with Crippen molar-refractivity contribution < 1.29 is 9.34 Å². The van der Waals surface area contributed by atoms with Crippen molar-refractivity contribution in [1.29, 1.82) is 0 Å². The number of rotatable bonds is 3. The fourth-order valence-corrected chi connectivity index (χ4v) is 3.07. The lowest BCUT2D eigenvalue weighted by Gasteiger charge is -1.98. The number of nitrogens with zero attached hydrogens (tertiary/aromatic N) is 3. The smallest absolute Gasteiger partial charge is 0.359 e. The van der Waals surface area contributed by atoms with Crippen LogP contribution >= 0.6 is 23.1 Å². The van der Waals surface area contributed by atoms with Crippen LogP contribution in [0.15, 0.2) is 37.8 Å². The van der Waals surface area contributed by atoms with Crippen molar-refractivity contribution in [2.45, 2.75) is 4.34 Å². The first-order valence-electron chi connectivity index (χ1n) is 5.69. The van der Waals surface area contributed by atoms with Gasteiger partial charge in [-0.2, -0.15) is 4.98 Å². The number of fused-ring (bicyclic) bond motifs is 1. The van der Waals surface area contributed by atoms with E-state index in [0.29, 0.717) is 15.9 Å². The van der Waals surface area contributed by atoms with E-state index >= 15 is 0 Å². The normalized spacial score (nSPS) is 10.9. The van der Waals surface area contributed by atoms with Crippen LogP contribution in [0.25, 0.3) is 21.8 Å². The first-order valence-corrected chi connectivity index (χ1v) is 7.73. The Hall–Kier alpha value is -2.26. The van der Waals surface area contributed by atoms with Gasteiger partial charge < -0.3 is 4.42 Å². The van der Waals surface area contributed by atoms with E-state index in [-0.39, 0.29) is 11.6 Å². The summed E-state index contributed by atoms with van der Waals surface area (Å²) in [5, 5.41) is 10.6. The van der Waals surface area contributed by atoms with Gasteiger partial charge in [-0.05, 0) is 18.4 Å². The summed E-state index contributed by atoms with van der Waals surface area (Å²) in [6.45, 7) is 0. The minimum Gasteiger partial charge on any atom is -0.402 e. The number of hydrogen-bond acceptors (Lipinski definition) is 8. The van der Waals surface area contributed by atoms with Crippen LogP contribution in [-0.2, 0) is 0 Å². The molecule has 0 saturated heterocycles. The van der Waals surface area contributed by atoms with E-state index in [2.05, 4.69) is 9.97 Å². The third-order valence-corrected chi connectivity index (χ3v) is 4.68. The van der Waals surface area contributed by atoms with Crippen molar-refractivity contribution in [2.24, 2.45) is 0 Å². The standard InChI is InChI=1S/C12H7N3O4S2/c1-20-12-14-9-8(21-12)11(16)19-10(13-9)6-2-4-7(5-3-6)15(17)18/h2-5H,1H3. The van der Waals surface area contributed by atoms with E-state index in [1.54, 1.807) is 0 Å². The van der Waals surface area contributed by atoms with Crippen LogP contribution in [0.3, 0.4) is 0 Å². The van der Waals surface area contributed by atoms with Gasteiger partial charge in [0.15, 0.2) is 14.7 Å². The van der Waals surface area contributed by atoms with Crippen molar-refractivity contribution in [3.63, 3.8) is 0 Å². The summed E-state index contributed by atoms with van der Waals surface area (Å²) in [5.74, 6) is 0.0975. The zero-order valence-electron chi connectivity index (χ0n) is 10.6. The number of aromatic nitrogens is 2. The van der Waals surface area contributed by atoms with Crippen LogP contribution < -0.4 is 5.63 Å². The van der Waals surface area contributed by atoms with E-state index in [9.17, 15) is 14.9 Å². The number of nitro benzene ring substituents is 1. The molecule has 0 bridgehead atoms. The summed E-state index contributed by atoms with van der Waals surface area (Å²) < 4.78 is 6.25. The van der Waals surface area contributed by atoms with Gasteiger partial charge in [0.25, 0.3) is 5.69 Å². The second-order valence-corrected chi connectivity index (χ2v) is 6.00. The van der Waals surface area contributed by atoms with Gasteiger partial charge in [0, 0.05) is 17.7 Å². The highest BCUT2D eigenvalue weighted by Crippen LogP contribution is 2.27. The first-order chi connectivity index (χ1) is 10.1. The van der Waals surface area contributed by atoms with Crippen molar-refractivity contribution in [1.82, 2.24) is 9.97 Å². The van der Waals surface area contributed by atoms with Crippen LogP contribution in [0.4, 0.5) is 5.69 Å². The molecule has 0 N–H and O–H groups in total. The van der Waals surface area contributed by atoms with E-state index in [1.807, 2.05) is 6.26 Å². The molecule has 0 aliphatic heterocycles. The Morgan fingerprint density at radius 2 is 2.00 bits per heavy atom. The van der Waals surface area contributed by atoms with E-state index in [4.69, 9.17) is 4.42 Å². The number of nitro groups is 1. The largest absolute Gasteiger partial charge is 0.402 e. The summed E-state index contributed by atoms with van der Waals surface area (Å²) in [7, 11) is 0. The predicted molar refractivity (Wildman–Crippen MR) is 79.8 cm³/mol. The fourth-order valence-electron chi connectivity index (χ4n) is 1.69. The number of non-ortho nitro benzene ring substituents is 1. The summed E-state index contributed by atoms with van der Waals surface area (Å²) in [5.41, 5.74) is 0.263.